The molecule has 0 fully saturated rings. The van der Waals surface area contributed by atoms with E-state index in [-0.39, 0.29) is 0 Å². The minimum atomic E-state index is 0.622. The van der Waals surface area contributed by atoms with Gasteiger partial charge in [0.15, 0.2) is 0 Å². The Kier molecular flexibility index (Phi) is 6.25. The van der Waals surface area contributed by atoms with Crippen molar-refractivity contribution in [3.05, 3.63) is 69.7 Å². The van der Waals surface area contributed by atoms with Gasteiger partial charge in [-0.25, -0.2) is 0 Å². The molecule has 0 heterocycles. The third kappa shape index (κ3) is 4.75. The molecule has 2 rings (SSSR count). The normalized spacial score (nSPS) is 10.7. The predicted molar refractivity (Wildman–Crippen MR) is 86.5 cm³/mol. The lowest BCUT2D eigenvalue weighted by molar-refractivity contribution is 0.107. The summed E-state index contributed by atoms with van der Waals surface area (Å²) in [6.07, 6.45) is 0. The minimum Gasteiger partial charge on any atom is -0.372 e. The second kappa shape index (κ2) is 8.20. The number of hydrogen-bond acceptors (Lipinski definition) is 2. The van der Waals surface area contributed by atoms with Crippen LogP contribution < -0.4 is 5.32 Å². The van der Waals surface area contributed by atoms with Crippen LogP contribution in [-0.4, -0.2) is 6.54 Å². The number of hydrogen-bond donors (Lipinski definition) is 1. The Morgan fingerprint density at radius 2 is 1.80 bits per heavy atom. The van der Waals surface area contributed by atoms with Crippen LogP contribution in [0.15, 0.2) is 53.0 Å². The lowest BCUT2D eigenvalue weighted by Crippen LogP contribution is -2.11. The molecule has 2 nitrogen and oxygen atoms in total. The standard InChI is InChI=1S/C17H20BrNO/c1-2-19-11-15-8-9-16(17(18)10-15)13-20-12-14-6-4-3-5-7-14/h3-10,19H,2,11-13H2,1H3. The summed E-state index contributed by atoms with van der Waals surface area (Å²) in [5.41, 5.74) is 3.67. The summed E-state index contributed by atoms with van der Waals surface area (Å²) in [5.74, 6) is 0. The van der Waals surface area contributed by atoms with Crippen LogP contribution in [0.4, 0.5) is 0 Å². The van der Waals surface area contributed by atoms with Crippen molar-refractivity contribution in [2.45, 2.75) is 26.7 Å². The zero-order chi connectivity index (χ0) is 14.2. The monoisotopic (exact) mass is 333 g/mol. The first-order valence-corrected chi connectivity index (χ1v) is 7.68. The minimum absolute atomic E-state index is 0.622. The molecule has 0 amide bonds. The van der Waals surface area contributed by atoms with Gasteiger partial charge in [0.05, 0.1) is 13.2 Å². The molecule has 0 saturated heterocycles. The quantitative estimate of drug-likeness (QED) is 0.816. The Morgan fingerprint density at radius 3 is 2.50 bits per heavy atom. The molecule has 0 spiro atoms. The van der Waals surface area contributed by atoms with E-state index in [1.807, 2.05) is 18.2 Å². The van der Waals surface area contributed by atoms with E-state index in [0.717, 1.165) is 17.6 Å². The van der Waals surface area contributed by atoms with Crippen LogP contribution in [0.2, 0.25) is 0 Å². The summed E-state index contributed by atoms with van der Waals surface area (Å²) in [5, 5.41) is 3.32. The number of ether oxygens (including phenoxy) is 1. The Balaban J connectivity index is 1.86. The average Bonchev–Trinajstić information content (AvgIpc) is 2.48. The van der Waals surface area contributed by atoms with Gasteiger partial charge in [-0.05, 0) is 29.3 Å². The van der Waals surface area contributed by atoms with E-state index >= 15 is 0 Å². The van der Waals surface area contributed by atoms with Gasteiger partial charge in [0, 0.05) is 11.0 Å². The molecule has 0 saturated carbocycles. The second-order valence-corrected chi connectivity index (χ2v) is 5.54. The zero-order valence-electron chi connectivity index (χ0n) is 11.7. The Labute approximate surface area is 129 Å². The van der Waals surface area contributed by atoms with E-state index in [0.29, 0.717) is 13.2 Å². The van der Waals surface area contributed by atoms with Crippen molar-refractivity contribution in [1.82, 2.24) is 5.32 Å². The molecule has 0 atom stereocenters. The van der Waals surface area contributed by atoms with Crippen LogP contribution in [0.1, 0.15) is 23.6 Å². The molecular weight excluding hydrogens is 314 g/mol. The Hall–Kier alpha value is -1.16. The molecule has 0 bridgehead atoms. The highest BCUT2D eigenvalue weighted by atomic mass is 79.9. The lowest BCUT2D eigenvalue weighted by Gasteiger charge is -2.09. The number of halogens is 1. The number of benzene rings is 2. The smallest absolute Gasteiger partial charge is 0.0732 e. The second-order valence-electron chi connectivity index (χ2n) is 4.68. The van der Waals surface area contributed by atoms with Gasteiger partial charge >= 0.3 is 0 Å². The van der Waals surface area contributed by atoms with Crippen molar-refractivity contribution in [3.63, 3.8) is 0 Å². The molecule has 0 radical (unpaired) electrons. The summed E-state index contributed by atoms with van der Waals surface area (Å²) >= 11 is 3.62. The molecule has 20 heavy (non-hydrogen) atoms. The first-order valence-electron chi connectivity index (χ1n) is 6.89. The van der Waals surface area contributed by atoms with E-state index in [9.17, 15) is 0 Å². The van der Waals surface area contributed by atoms with Crippen LogP contribution in [0.3, 0.4) is 0 Å². The highest BCUT2D eigenvalue weighted by molar-refractivity contribution is 9.10. The molecule has 1 N–H and O–H groups in total. The van der Waals surface area contributed by atoms with Gasteiger partial charge in [-0.3, -0.25) is 0 Å². The molecule has 2 aromatic rings. The summed E-state index contributed by atoms with van der Waals surface area (Å²) in [7, 11) is 0. The molecule has 0 aliphatic rings. The van der Waals surface area contributed by atoms with Gasteiger partial charge in [-0.1, -0.05) is 65.3 Å². The maximum absolute atomic E-state index is 5.76. The van der Waals surface area contributed by atoms with E-state index in [1.165, 1.54) is 16.7 Å². The molecule has 0 aliphatic heterocycles. The topological polar surface area (TPSA) is 21.3 Å². The van der Waals surface area contributed by atoms with Gasteiger partial charge in [0.1, 0.15) is 0 Å². The summed E-state index contributed by atoms with van der Waals surface area (Å²) < 4.78 is 6.87. The third-order valence-electron chi connectivity index (χ3n) is 3.07. The van der Waals surface area contributed by atoms with Gasteiger partial charge < -0.3 is 10.1 Å². The number of rotatable bonds is 7. The average molecular weight is 334 g/mol. The zero-order valence-corrected chi connectivity index (χ0v) is 13.3. The maximum Gasteiger partial charge on any atom is 0.0732 e. The van der Waals surface area contributed by atoms with E-state index in [4.69, 9.17) is 4.74 Å². The van der Waals surface area contributed by atoms with Gasteiger partial charge in [0.25, 0.3) is 0 Å². The molecule has 106 valence electrons. The van der Waals surface area contributed by atoms with Crippen molar-refractivity contribution >= 4 is 15.9 Å². The van der Waals surface area contributed by atoms with Crippen LogP contribution in [-0.2, 0) is 24.5 Å². The van der Waals surface area contributed by atoms with Crippen molar-refractivity contribution in [2.75, 3.05) is 6.54 Å². The largest absolute Gasteiger partial charge is 0.372 e. The summed E-state index contributed by atoms with van der Waals surface area (Å²) in [6.45, 7) is 5.27. The lowest BCUT2D eigenvalue weighted by atomic mass is 10.1. The molecule has 2 aromatic carbocycles. The molecular formula is C17H20BrNO. The molecule has 3 heteroatoms. The number of nitrogens with one attached hydrogen (secondary N) is 1. The van der Waals surface area contributed by atoms with Gasteiger partial charge in [-0.2, -0.15) is 0 Å². The molecule has 0 aliphatic carbocycles. The molecule has 0 unspecified atom stereocenters. The van der Waals surface area contributed by atoms with Crippen molar-refractivity contribution in [2.24, 2.45) is 0 Å². The highest BCUT2D eigenvalue weighted by Gasteiger charge is 2.02. The third-order valence-corrected chi connectivity index (χ3v) is 3.80. The maximum atomic E-state index is 5.76. The highest BCUT2D eigenvalue weighted by Crippen LogP contribution is 2.20. The van der Waals surface area contributed by atoms with Gasteiger partial charge in [0.2, 0.25) is 0 Å². The summed E-state index contributed by atoms with van der Waals surface area (Å²) in [6, 6.07) is 16.7. The van der Waals surface area contributed by atoms with E-state index in [2.05, 4.69) is 58.5 Å². The first-order chi connectivity index (χ1) is 9.79. The van der Waals surface area contributed by atoms with Gasteiger partial charge in [-0.15, -0.1) is 0 Å². The van der Waals surface area contributed by atoms with E-state index < -0.39 is 0 Å². The van der Waals surface area contributed by atoms with Crippen LogP contribution in [0, 0.1) is 0 Å². The first kappa shape index (κ1) is 15.2. The molecule has 0 aromatic heterocycles. The van der Waals surface area contributed by atoms with Crippen molar-refractivity contribution in [3.8, 4) is 0 Å². The van der Waals surface area contributed by atoms with Crippen LogP contribution in [0.5, 0.6) is 0 Å². The predicted octanol–water partition coefficient (Wildman–Crippen LogP) is 4.28. The Morgan fingerprint density at radius 1 is 1.00 bits per heavy atom. The van der Waals surface area contributed by atoms with Crippen LogP contribution in [0.25, 0.3) is 0 Å². The SMILES string of the molecule is CCNCc1ccc(COCc2ccccc2)c(Br)c1. The van der Waals surface area contributed by atoms with Crippen molar-refractivity contribution < 1.29 is 4.74 Å². The van der Waals surface area contributed by atoms with Crippen LogP contribution >= 0.6 is 15.9 Å². The Bertz CT molecular complexity index is 528. The summed E-state index contributed by atoms with van der Waals surface area (Å²) in [4.78, 5) is 0. The fourth-order valence-electron chi connectivity index (χ4n) is 1.94. The van der Waals surface area contributed by atoms with Crippen molar-refractivity contribution in [1.29, 1.82) is 0 Å². The fourth-order valence-corrected chi connectivity index (χ4v) is 2.48. The van der Waals surface area contributed by atoms with E-state index in [1.54, 1.807) is 0 Å². The fraction of sp³-hybridized carbons (Fsp3) is 0.294.